The first-order valence-corrected chi connectivity index (χ1v) is 2.65. The molecule has 0 amide bonds. The van der Waals surface area contributed by atoms with Crippen LogP contribution in [0, 0.1) is 0 Å². The first kappa shape index (κ1) is 4.78. The Hall–Kier alpha value is -0.370. The molecule has 0 bridgehead atoms. The van der Waals surface area contributed by atoms with E-state index < -0.39 is 0 Å². The Morgan fingerprint density at radius 2 is 2.57 bits per heavy atom. The molecule has 1 atom stereocenters. The van der Waals surface area contributed by atoms with Gasteiger partial charge in [-0.3, -0.25) is 4.99 Å². The number of rotatable bonds is 0. The molecule has 0 radical (unpaired) electrons. The highest BCUT2D eigenvalue weighted by Gasteiger charge is 2.00. The van der Waals surface area contributed by atoms with Crippen LogP contribution >= 0.6 is 0 Å². The highest BCUT2D eigenvalue weighted by atomic mass is 14.8. The van der Waals surface area contributed by atoms with Crippen molar-refractivity contribution in [3.05, 3.63) is 0 Å². The summed E-state index contributed by atoms with van der Waals surface area (Å²) in [4.78, 5) is 4.01. The second-order valence-corrected chi connectivity index (χ2v) is 1.86. The third-order valence-corrected chi connectivity index (χ3v) is 1.12. The quantitative estimate of drug-likeness (QED) is 0.461. The number of hydrogen-bond acceptors (Lipinski definition) is 2. The van der Waals surface area contributed by atoms with Crippen LogP contribution in [0.2, 0.25) is 0 Å². The van der Waals surface area contributed by atoms with E-state index in [2.05, 4.69) is 4.99 Å². The zero-order chi connectivity index (χ0) is 5.11. The lowest BCUT2D eigenvalue weighted by molar-refractivity contribution is 0.675. The number of nitrogens with two attached hydrogens (primary N) is 1. The van der Waals surface area contributed by atoms with Crippen molar-refractivity contribution in [3.63, 3.8) is 0 Å². The summed E-state index contributed by atoms with van der Waals surface area (Å²) in [6.07, 6.45) is 4.12. The van der Waals surface area contributed by atoms with Gasteiger partial charge in [0.05, 0.1) is 0 Å². The van der Waals surface area contributed by atoms with Crippen LogP contribution in [-0.4, -0.2) is 18.8 Å². The lowest BCUT2D eigenvalue weighted by Gasteiger charge is -2.07. The molecule has 2 heteroatoms. The van der Waals surface area contributed by atoms with E-state index in [4.69, 9.17) is 5.73 Å². The topological polar surface area (TPSA) is 38.4 Å². The van der Waals surface area contributed by atoms with Gasteiger partial charge in [0.1, 0.15) is 0 Å². The molecule has 1 rings (SSSR count). The Kier molecular flexibility index (Phi) is 1.42. The van der Waals surface area contributed by atoms with Crippen LogP contribution in [0.5, 0.6) is 0 Å². The standard InChI is InChI=1S/C5H10N2/c6-5-2-1-3-7-4-5/h4-5H,1-3,6H2. The molecule has 1 heterocycles. The van der Waals surface area contributed by atoms with Crippen molar-refractivity contribution in [3.8, 4) is 0 Å². The van der Waals surface area contributed by atoms with E-state index in [1.165, 1.54) is 0 Å². The van der Waals surface area contributed by atoms with E-state index in [0.717, 1.165) is 19.4 Å². The van der Waals surface area contributed by atoms with Gasteiger partial charge in [-0.2, -0.15) is 0 Å². The molecule has 0 fully saturated rings. The van der Waals surface area contributed by atoms with Crippen LogP contribution in [0.4, 0.5) is 0 Å². The third-order valence-electron chi connectivity index (χ3n) is 1.12. The third kappa shape index (κ3) is 1.27. The average molecular weight is 98.1 g/mol. The normalized spacial score (nSPS) is 30.7. The molecule has 7 heavy (non-hydrogen) atoms. The first-order valence-electron chi connectivity index (χ1n) is 2.65. The molecule has 0 aromatic rings. The molecule has 1 aliphatic rings. The monoisotopic (exact) mass is 98.1 g/mol. The summed E-state index contributed by atoms with van der Waals surface area (Å²) >= 11 is 0. The van der Waals surface area contributed by atoms with Gasteiger partial charge < -0.3 is 5.73 Å². The van der Waals surface area contributed by atoms with Crippen molar-refractivity contribution in [1.82, 2.24) is 0 Å². The van der Waals surface area contributed by atoms with E-state index in [9.17, 15) is 0 Å². The van der Waals surface area contributed by atoms with Gasteiger partial charge in [0, 0.05) is 18.8 Å². The Balaban J connectivity index is 2.36. The Labute approximate surface area is 43.4 Å². The summed E-state index contributed by atoms with van der Waals surface area (Å²) in [7, 11) is 0. The van der Waals surface area contributed by atoms with Crippen molar-refractivity contribution in [2.75, 3.05) is 6.54 Å². The van der Waals surface area contributed by atoms with Gasteiger partial charge in [0.25, 0.3) is 0 Å². The maximum atomic E-state index is 5.49. The van der Waals surface area contributed by atoms with Crippen molar-refractivity contribution in [1.29, 1.82) is 0 Å². The molecular formula is C5H10N2. The zero-order valence-corrected chi connectivity index (χ0v) is 4.30. The van der Waals surface area contributed by atoms with Gasteiger partial charge in [0.15, 0.2) is 0 Å². The summed E-state index contributed by atoms with van der Waals surface area (Å²) in [5.74, 6) is 0. The SMILES string of the molecule is NC1C=NCCC1. The predicted molar refractivity (Wildman–Crippen MR) is 30.6 cm³/mol. The first-order chi connectivity index (χ1) is 3.39. The molecule has 0 saturated heterocycles. The molecule has 2 nitrogen and oxygen atoms in total. The predicted octanol–water partition coefficient (Wildman–Crippen LogP) is 0.178. The van der Waals surface area contributed by atoms with Crippen molar-refractivity contribution < 1.29 is 0 Å². The molecule has 1 unspecified atom stereocenters. The average Bonchev–Trinajstić information content (AvgIpc) is 1.69. The van der Waals surface area contributed by atoms with Crippen LogP contribution in [0.15, 0.2) is 4.99 Å². The summed E-state index contributed by atoms with van der Waals surface area (Å²) in [5.41, 5.74) is 5.49. The Morgan fingerprint density at radius 1 is 1.71 bits per heavy atom. The molecule has 40 valence electrons. The Morgan fingerprint density at radius 3 is 2.86 bits per heavy atom. The second-order valence-electron chi connectivity index (χ2n) is 1.86. The van der Waals surface area contributed by atoms with Crippen molar-refractivity contribution in [2.45, 2.75) is 18.9 Å². The molecule has 0 aliphatic carbocycles. The molecule has 1 aliphatic heterocycles. The van der Waals surface area contributed by atoms with Crippen LogP contribution in [0.1, 0.15) is 12.8 Å². The maximum Gasteiger partial charge on any atom is 0.0395 e. The fourth-order valence-electron chi connectivity index (χ4n) is 0.703. The van der Waals surface area contributed by atoms with Crippen LogP contribution in [0.25, 0.3) is 0 Å². The van der Waals surface area contributed by atoms with E-state index >= 15 is 0 Å². The largest absolute Gasteiger partial charge is 0.323 e. The van der Waals surface area contributed by atoms with E-state index in [1.807, 2.05) is 6.21 Å². The lowest BCUT2D eigenvalue weighted by Crippen LogP contribution is -2.24. The Bertz CT molecular complexity index is 78.1. The number of hydrogen-bond donors (Lipinski definition) is 1. The van der Waals surface area contributed by atoms with Crippen LogP contribution in [0.3, 0.4) is 0 Å². The fourth-order valence-corrected chi connectivity index (χ4v) is 0.703. The highest BCUT2D eigenvalue weighted by Crippen LogP contribution is 1.97. The van der Waals surface area contributed by atoms with Crippen molar-refractivity contribution in [2.24, 2.45) is 10.7 Å². The molecule has 2 N–H and O–H groups in total. The molecule has 0 aromatic carbocycles. The van der Waals surface area contributed by atoms with Crippen LogP contribution in [-0.2, 0) is 0 Å². The smallest absolute Gasteiger partial charge is 0.0395 e. The van der Waals surface area contributed by atoms with E-state index in [-0.39, 0.29) is 6.04 Å². The summed E-state index contributed by atoms with van der Waals surface area (Å²) in [6, 6.07) is 0.244. The van der Waals surface area contributed by atoms with Crippen LogP contribution < -0.4 is 5.73 Å². The fraction of sp³-hybridized carbons (Fsp3) is 0.800. The summed E-state index contributed by atoms with van der Waals surface area (Å²) < 4.78 is 0. The van der Waals surface area contributed by atoms with Gasteiger partial charge in [-0.25, -0.2) is 0 Å². The minimum absolute atomic E-state index is 0.244. The van der Waals surface area contributed by atoms with E-state index in [1.54, 1.807) is 0 Å². The zero-order valence-electron chi connectivity index (χ0n) is 4.30. The van der Waals surface area contributed by atoms with Gasteiger partial charge in [0.2, 0.25) is 0 Å². The lowest BCUT2D eigenvalue weighted by atomic mass is 10.1. The van der Waals surface area contributed by atoms with Gasteiger partial charge in [-0.15, -0.1) is 0 Å². The second kappa shape index (κ2) is 2.07. The van der Waals surface area contributed by atoms with Gasteiger partial charge in [-0.1, -0.05) is 0 Å². The maximum absolute atomic E-state index is 5.49. The minimum atomic E-state index is 0.244. The molecule has 0 aromatic heterocycles. The van der Waals surface area contributed by atoms with Crippen molar-refractivity contribution >= 4 is 6.21 Å². The van der Waals surface area contributed by atoms with Gasteiger partial charge >= 0.3 is 0 Å². The molecular weight excluding hydrogens is 88.1 g/mol. The minimum Gasteiger partial charge on any atom is -0.323 e. The molecule has 0 spiro atoms. The van der Waals surface area contributed by atoms with Gasteiger partial charge in [-0.05, 0) is 12.8 Å². The summed E-state index contributed by atoms with van der Waals surface area (Å²) in [6.45, 7) is 0.980. The molecule has 0 saturated carbocycles. The summed E-state index contributed by atoms with van der Waals surface area (Å²) in [5, 5.41) is 0. The highest BCUT2D eigenvalue weighted by molar-refractivity contribution is 5.64. The number of nitrogens with zero attached hydrogens (tertiary/aromatic N) is 1. The number of aliphatic imine (C=N–C) groups is 1. The van der Waals surface area contributed by atoms with E-state index in [0.29, 0.717) is 0 Å².